The van der Waals surface area contributed by atoms with Crippen molar-refractivity contribution in [2.24, 2.45) is 0 Å². The van der Waals surface area contributed by atoms with Crippen LogP contribution in [0.1, 0.15) is 39.1 Å². The van der Waals surface area contributed by atoms with Gasteiger partial charge < -0.3 is 10.2 Å². The highest BCUT2D eigenvalue weighted by atomic mass is 35.5. The van der Waals surface area contributed by atoms with Gasteiger partial charge in [-0.1, -0.05) is 25.4 Å². The molecule has 19 heavy (non-hydrogen) atoms. The number of hydrogen-bond donors (Lipinski definition) is 1. The van der Waals surface area contributed by atoms with Gasteiger partial charge >= 0.3 is 0 Å². The third kappa shape index (κ3) is 4.48. The smallest absolute Gasteiger partial charge is 0.0860 e. The van der Waals surface area contributed by atoms with Crippen LogP contribution in [0, 0.1) is 6.92 Å². The largest absolute Gasteiger partial charge is 0.307 e. The first kappa shape index (κ1) is 16.5. The second-order valence-electron chi connectivity index (χ2n) is 4.93. The lowest BCUT2D eigenvalue weighted by atomic mass is 10.2. The van der Waals surface area contributed by atoms with Gasteiger partial charge in [0.25, 0.3) is 0 Å². The molecule has 0 saturated carbocycles. The van der Waals surface area contributed by atoms with Gasteiger partial charge in [0, 0.05) is 25.7 Å². The van der Waals surface area contributed by atoms with Crippen LogP contribution in [0.2, 0.25) is 5.02 Å². The normalized spacial score (nSPS) is 13.2. The molecule has 0 radical (unpaired) electrons. The second-order valence-corrected chi connectivity index (χ2v) is 5.31. The van der Waals surface area contributed by atoms with Crippen molar-refractivity contribution < 1.29 is 0 Å². The van der Waals surface area contributed by atoms with Gasteiger partial charge in [-0.2, -0.15) is 5.10 Å². The Balaban J connectivity index is 2.56. The Morgan fingerprint density at radius 2 is 1.95 bits per heavy atom. The first-order valence-electron chi connectivity index (χ1n) is 7.20. The molecule has 0 saturated heterocycles. The fourth-order valence-corrected chi connectivity index (χ4v) is 2.44. The minimum atomic E-state index is 0.441. The summed E-state index contributed by atoms with van der Waals surface area (Å²) in [7, 11) is 0. The number of halogens is 1. The topological polar surface area (TPSA) is 33.1 Å². The quantitative estimate of drug-likeness (QED) is 0.798. The number of nitrogens with zero attached hydrogens (tertiary/aromatic N) is 3. The molecule has 0 aliphatic carbocycles. The number of hydrogen-bond acceptors (Lipinski definition) is 3. The van der Waals surface area contributed by atoms with E-state index in [0.29, 0.717) is 6.04 Å². The van der Waals surface area contributed by atoms with E-state index in [2.05, 4.69) is 43.0 Å². The van der Waals surface area contributed by atoms with Crippen molar-refractivity contribution in [2.45, 2.75) is 53.8 Å². The molecule has 0 fully saturated rings. The van der Waals surface area contributed by atoms with Crippen molar-refractivity contribution in [1.82, 2.24) is 20.0 Å². The lowest BCUT2D eigenvalue weighted by molar-refractivity contribution is 0.270. The van der Waals surface area contributed by atoms with Crippen LogP contribution in [0.3, 0.4) is 0 Å². The lowest BCUT2D eigenvalue weighted by Gasteiger charge is -2.23. The molecule has 1 N–H and O–H groups in total. The van der Waals surface area contributed by atoms with Crippen LogP contribution in [0.5, 0.6) is 0 Å². The van der Waals surface area contributed by atoms with E-state index in [1.165, 1.54) is 0 Å². The molecule has 0 aliphatic heterocycles. The Bertz CT molecular complexity index is 385. The molecular weight excluding hydrogens is 260 g/mol. The molecule has 0 amide bonds. The molecule has 0 spiro atoms. The minimum Gasteiger partial charge on any atom is -0.307 e. The summed E-state index contributed by atoms with van der Waals surface area (Å²) < 4.78 is 1.98. The molecule has 1 aromatic rings. The Morgan fingerprint density at radius 1 is 1.32 bits per heavy atom. The van der Waals surface area contributed by atoms with E-state index in [9.17, 15) is 0 Å². The van der Waals surface area contributed by atoms with Gasteiger partial charge in [0.15, 0.2) is 0 Å². The van der Waals surface area contributed by atoms with Gasteiger partial charge in [-0.25, -0.2) is 0 Å². The van der Waals surface area contributed by atoms with E-state index < -0.39 is 0 Å². The van der Waals surface area contributed by atoms with Gasteiger partial charge in [-0.05, 0) is 33.9 Å². The highest BCUT2D eigenvalue weighted by Crippen LogP contribution is 2.20. The predicted molar refractivity (Wildman–Crippen MR) is 81.7 cm³/mol. The van der Waals surface area contributed by atoms with Crippen LogP contribution >= 0.6 is 11.6 Å². The fraction of sp³-hybridized carbons (Fsp3) is 0.786. The second kappa shape index (κ2) is 7.88. The zero-order valence-electron chi connectivity index (χ0n) is 12.8. The van der Waals surface area contributed by atoms with Crippen LogP contribution < -0.4 is 5.32 Å². The number of likely N-dealkylation sites (N-methyl/N-ethyl adjacent to an activating group) is 1. The molecule has 1 unspecified atom stereocenters. The van der Waals surface area contributed by atoms with Crippen LogP contribution in [0.25, 0.3) is 0 Å². The zero-order valence-corrected chi connectivity index (χ0v) is 13.6. The monoisotopic (exact) mass is 286 g/mol. The highest BCUT2D eigenvalue weighted by molar-refractivity contribution is 6.31. The van der Waals surface area contributed by atoms with Crippen molar-refractivity contribution >= 4 is 11.6 Å². The summed E-state index contributed by atoms with van der Waals surface area (Å²) in [5.74, 6) is 0. The van der Waals surface area contributed by atoms with Gasteiger partial charge in [-0.15, -0.1) is 0 Å². The Morgan fingerprint density at radius 3 is 2.47 bits per heavy atom. The van der Waals surface area contributed by atoms with Crippen molar-refractivity contribution in [2.75, 3.05) is 19.6 Å². The molecule has 1 aromatic heterocycles. The van der Waals surface area contributed by atoms with Crippen LogP contribution in [-0.2, 0) is 13.1 Å². The number of rotatable bonds is 8. The first-order chi connectivity index (χ1) is 9.03. The Kier molecular flexibility index (Phi) is 6.83. The Hall–Kier alpha value is -0.580. The summed E-state index contributed by atoms with van der Waals surface area (Å²) in [5.41, 5.74) is 2.00. The van der Waals surface area contributed by atoms with Crippen molar-refractivity contribution in [3.05, 3.63) is 16.4 Å². The third-order valence-corrected chi connectivity index (χ3v) is 3.99. The maximum absolute atomic E-state index is 6.30. The maximum Gasteiger partial charge on any atom is 0.0860 e. The van der Waals surface area contributed by atoms with E-state index >= 15 is 0 Å². The lowest BCUT2D eigenvalue weighted by Crippen LogP contribution is -2.39. The summed E-state index contributed by atoms with van der Waals surface area (Å²) in [6.45, 7) is 15.5. The summed E-state index contributed by atoms with van der Waals surface area (Å²) in [6, 6.07) is 0.441. The predicted octanol–water partition coefficient (Wildman–Crippen LogP) is 2.68. The van der Waals surface area contributed by atoms with E-state index in [1.807, 2.05) is 11.6 Å². The summed E-state index contributed by atoms with van der Waals surface area (Å²) in [4.78, 5) is 2.42. The minimum absolute atomic E-state index is 0.441. The van der Waals surface area contributed by atoms with Gasteiger partial charge in [0.2, 0.25) is 0 Å². The summed E-state index contributed by atoms with van der Waals surface area (Å²) in [5, 5.41) is 8.77. The molecule has 0 bridgehead atoms. The van der Waals surface area contributed by atoms with Crippen LogP contribution in [0.15, 0.2) is 0 Å². The molecule has 1 atom stereocenters. The zero-order chi connectivity index (χ0) is 14.4. The molecule has 0 aliphatic rings. The molecule has 5 heteroatoms. The first-order valence-corrected chi connectivity index (χ1v) is 7.58. The van der Waals surface area contributed by atoms with Crippen molar-refractivity contribution in [3.8, 4) is 0 Å². The van der Waals surface area contributed by atoms with E-state index in [1.54, 1.807) is 0 Å². The van der Waals surface area contributed by atoms with Crippen LogP contribution in [-0.4, -0.2) is 40.4 Å². The molecule has 4 nitrogen and oxygen atoms in total. The van der Waals surface area contributed by atoms with Gasteiger partial charge in [0.1, 0.15) is 0 Å². The standard InChI is InChI=1S/C14H27ClN4/c1-6-18(7-2)10-11(4)16-9-13-14(15)12(5)17-19(13)8-3/h11,16H,6-10H2,1-5H3. The molecule has 1 heterocycles. The number of nitrogens with one attached hydrogen (secondary N) is 1. The maximum atomic E-state index is 6.30. The molecule has 110 valence electrons. The fourth-order valence-electron chi connectivity index (χ4n) is 2.24. The van der Waals surface area contributed by atoms with Gasteiger partial charge in [-0.3, -0.25) is 4.68 Å². The summed E-state index contributed by atoms with van der Waals surface area (Å²) in [6.07, 6.45) is 0. The SMILES string of the molecule is CCN(CC)CC(C)NCc1c(Cl)c(C)nn1CC. The third-order valence-electron chi connectivity index (χ3n) is 3.50. The summed E-state index contributed by atoms with van der Waals surface area (Å²) >= 11 is 6.30. The van der Waals surface area contributed by atoms with Crippen LogP contribution in [0.4, 0.5) is 0 Å². The van der Waals surface area contributed by atoms with Crippen molar-refractivity contribution in [1.29, 1.82) is 0 Å². The molecular formula is C14H27ClN4. The molecule has 0 aromatic carbocycles. The Labute approximate surface area is 122 Å². The highest BCUT2D eigenvalue weighted by Gasteiger charge is 2.13. The number of aromatic nitrogens is 2. The van der Waals surface area contributed by atoms with E-state index in [4.69, 9.17) is 11.6 Å². The van der Waals surface area contributed by atoms with E-state index in [0.717, 1.165) is 49.1 Å². The van der Waals surface area contributed by atoms with Gasteiger partial charge in [0.05, 0.1) is 16.4 Å². The van der Waals surface area contributed by atoms with E-state index in [-0.39, 0.29) is 0 Å². The average Bonchev–Trinajstić information content (AvgIpc) is 2.69. The molecule has 1 rings (SSSR count). The average molecular weight is 287 g/mol. The van der Waals surface area contributed by atoms with Crippen molar-refractivity contribution in [3.63, 3.8) is 0 Å². The number of aryl methyl sites for hydroxylation is 2.